The van der Waals surface area contributed by atoms with Crippen LogP contribution in [0.5, 0.6) is 0 Å². The fourth-order valence-electron chi connectivity index (χ4n) is 1.88. The zero-order valence-electron chi connectivity index (χ0n) is 11.6. The third-order valence-electron chi connectivity index (χ3n) is 2.88. The summed E-state index contributed by atoms with van der Waals surface area (Å²) < 4.78 is 0. The van der Waals surface area contributed by atoms with Gasteiger partial charge in [-0.15, -0.1) is 0 Å². The maximum absolute atomic E-state index is 11.5. The zero-order chi connectivity index (χ0) is 13.4. The van der Waals surface area contributed by atoms with E-state index < -0.39 is 0 Å². The van der Waals surface area contributed by atoms with Crippen LogP contribution in [-0.4, -0.2) is 23.9 Å². The van der Waals surface area contributed by atoms with E-state index in [4.69, 9.17) is 0 Å². The van der Waals surface area contributed by atoms with Crippen LogP contribution in [0, 0.1) is 0 Å². The molecule has 0 heterocycles. The van der Waals surface area contributed by atoms with Gasteiger partial charge in [0.15, 0.2) is 0 Å². The second-order valence-corrected chi connectivity index (χ2v) is 4.70. The van der Waals surface area contributed by atoms with Gasteiger partial charge in [-0.1, -0.05) is 55.3 Å². The largest absolute Gasteiger partial charge is 0.339 e. The molecule has 0 saturated heterocycles. The Bertz CT molecular complexity index is 395. The van der Waals surface area contributed by atoms with Gasteiger partial charge < -0.3 is 4.90 Å². The van der Waals surface area contributed by atoms with Gasteiger partial charge in [-0.2, -0.15) is 0 Å². The standard InChI is InChI=1S/C16H23NO/c1-4-5-11-17(15(3)18)13-14(2)12-16-9-7-6-8-10-16/h6-10,12H,4-5,11,13H2,1-3H3/b14-12-. The van der Waals surface area contributed by atoms with Crippen molar-refractivity contribution >= 4 is 12.0 Å². The number of hydrogen-bond donors (Lipinski definition) is 0. The molecule has 0 aliphatic rings. The molecule has 0 N–H and O–H groups in total. The minimum absolute atomic E-state index is 0.157. The van der Waals surface area contributed by atoms with E-state index in [-0.39, 0.29) is 5.91 Å². The Morgan fingerprint density at radius 3 is 2.44 bits per heavy atom. The highest BCUT2D eigenvalue weighted by Crippen LogP contribution is 2.08. The Morgan fingerprint density at radius 1 is 1.22 bits per heavy atom. The Hall–Kier alpha value is -1.57. The third kappa shape index (κ3) is 5.17. The highest BCUT2D eigenvalue weighted by atomic mass is 16.2. The number of benzene rings is 1. The van der Waals surface area contributed by atoms with Crippen molar-refractivity contribution in [2.45, 2.75) is 33.6 Å². The summed E-state index contributed by atoms with van der Waals surface area (Å²) in [7, 11) is 0. The summed E-state index contributed by atoms with van der Waals surface area (Å²) in [5.74, 6) is 0.157. The SMILES string of the molecule is CCCCN(C/C(C)=C\c1ccccc1)C(C)=O. The molecule has 2 heteroatoms. The molecule has 0 radical (unpaired) electrons. The van der Waals surface area contributed by atoms with Gasteiger partial charge in [0.05, 0.1) is 0 Å². The van der Waals surface area contributed by atoms with Crippen molar-refractivity contribution in [2.75, 3.05) is 13.1 Å². The number of unbranched alkanes of at least 4 members (excludes halogenated alkanes) is 1. The first-order chi connectivity index (χ1) is 8.63. The van der Waals surface area contributed by atoms with Crippen LogP contribution < -0.4 is 0 Å². The van der Waals surface area contributed by atoms with Crippen molar-refractivity contribution in [1.82, 2.24) is 4.90 Å². The molecule has 0 unspecified atom stereocenters. The first-order valence-corrected chi connectivity index (χ1v) is 6.61. The minimum Gasteiger partial charge on any atom is -0.339 e. The Kier molecular flexibility index (Phi) is 6.20. The lowest BCUT2D eigenvalue weighted by Crippen LogP contribution is -2.31. The van der Waals surface area contributed by atoms with Gasteiger partial charge in [-0.25, -0.2) is 0 Å². The van der Waals surface area contributed by atoms with E-state index in [1.54, 1.807) is 6.92 Å². The van der Waals surface area contributed by atoms with Crippen LogP contribution in [0.3, 0.4) is 0 Å². The second kappa shape index (κ2) is 7.70. The summed E-state index contributed by atoms with van der Waals surface area (Å²) in [6, 6.07) is 10.2. The maximum atomic E-state index is 11.5. The predicted molar refractivity (Wildman–Crippen MR) is 77.3 cm³/mol. The molecule has 1 aromatic carbocycles. The van der Waals surface area contributed by atoms with Crippen LogP contribution in [0.2, 0.25) is 0 Å². The molecule has 18 heavy (non-hydrogen) atoms. The quantitative estimate of drug-likeness (QED) is 0.747. The molecule has 0 saturated carbocycles. The van der Waals surface area contributed by atoms with Gasteiger partial charge >= 0.3 is 0 Å². The first kappa shape index (κ1) is 14.5. The fraction of sp³-hybridized carbons (Fsp3) is 0.438. The van der Waals surface area contributed by atoms with Crippen molar-refractivity contribution in [3.63, 3.8) is 0 Å². The zero-order valence-corrected chi connectivity index (χ0v) is 11.6. The summed E-state index contributed by atoms with van der Waals surface area (Å²) >= 11 is 0. The topological polar surface area (TPSA) is 20.3 Å². The lowest BCUT2D eigenvalue weighted by Gasteiger charge is -2.21. The molecule has 98 valence electrons. The van der Waals surface area contributed by atoms with E-state index >= 15 is 0 Å². The average molecular weight is 245 g/mol. The van der Waals surface area contributed by atoms with Gasteiger partial charge in [-0.3, -0.25) is 4.79 Å². The number of nitrogens with zero attached hydrogens (tertiary/aromatic N) is 1. The summed E-state index contributed by atoms with van der Waals surface area (Å²) in [6.45, 7) is 7.45. The molecule has 1 aromatic rings. The molecule has 0 aromatic heterocycles. The first-order valence-electron chi connectivity index (χ1n) is 6.61. The maximum Gasteiger partial charge on any atom is 0.219 e. The molecule has 0 aliphatic carbocycles. The number of carbonyl (C=O) groups is 1. The van der Waals surface area contributed by atoms with Crippen molar-refractivity contribution in [3.05, 3.63) is 41.5 Å². The van der Waals surface area contributed by atoms with Crippen LogP contribution in [-0.2, 0) is 4.79 Å². The van der Waals surface area contributed by atoms with Crippen LogP contribution in [0.25, 0.3) is 6.08 Å². The van der Waals surface area contributed by atoms with E-state index in [9.17, 15) is 4.79 Å². The monoisotopic (exact) mass is 245 g/mol. The van der Waals surface area contributed by atoms with E-state index in [1.807, 2.05) is 23.1 Å². The third-order valence-corrected chi connectivity index (χ3v) is 2.88. The predicted octanol–water partition coefficient (Wildman–Crippen LogP) is 3.74. The number of hydrogen-bond acceptors (Lipinski definition) is 1. The molecule has 2 nitrogen and oxygen atoms in total. The second-order valence-electron chi connectivity index (χ2n) is 4.70. The lowest BCUT2D eigenvalue weighted by molar-refractivity contribution is -0.128. The number of rotatable bonds is 6. The molecule has 0 spiro atoms. The van der Waals surface area contributed by atoms with E-state index in [0.717, 1.165) is 25.9 Å². The average Bonchev–Trinajstić information content (AvgIpc) is 2.35. The Balaban J connectivity index is 2.63. The van der Waals surface area contributed by atoms with Crippen molar-refractivity contribution in [2.24, 2.45) is 0 Å². The van der Waals surface area contributed by atoms with Gasteiger partial charge in [0.1, 0.15) is 0 Å². The molecule has 0 fully saturated rings. The van der Waals surface area contributed by atoms with Gasteiger partial charge in [0, 0.05) is 20.0 Å². The molecule has 0 bridgehead atoms. The van der Waals surface area contributed by atoms with E-state index in [0.29, 0.717) is 0 Å². The van der Waals surface area contributed by atoms with Crippen LogP contribution >= 0.6 is 0 Å². The summed E-state index contributed by atoms with van der Waals surface area (Å²) in [5, 5.41) is 0. The highest BCUT2D eigenvalue weighted by molar-refractivity contribution is 5.73. The Morgan fingerprint density at radius 2 is 1.89 bits per heavy atom. The molecule has 0 aliphatic heterocycles. The van der Waals surface area contributed by atoms with E-state index in [2.05, 4.69) is 32.1 Å². The molecule has 1 amide bonds. The summed E-state index contributed by atoms with van der Waals surface area (Å²) in [4.78, 5) is 13.5. The van der Waals surface area contributed by atoms with Crippen molar-refractivity contribution in [3.8, 4) is 0 Å². The highest BCUT2D eigenvalue weighted by Gasteiger charge is 2.07. The molecule has 0 atom stereocenters. The van der Waals surface area contributed by atoms with Gasteiger partial charge in [-0.05, 0) is 18.9 Å². The normalized spacial score (nSPS) is 11.4. The van der Waals surface area contributed by atoms with Crippen LogP contribution in [0.4, 0.5) is 0 Å². The van der Waals surface area contributed by atoms with Gasteiger partial charge in [0.25, 0.3) is 0 Å². The number of carbonyl (C=O) groups excluding carboxylic acids is 1. The van der Waals surface area contributed by atoms with Crippen molar-refractivity contribution in [1.29, 1.82) is 0 Å². The summed E-state index contributed by atoms with van der Waals surface area (Å²) in [5.41, 5.74) is 2.40. The minimum atomic E-state index is 0.157. The summed E-state index contributed by atoms with van der Waals surface area (Å²) in [6.07, 6.45) is 4.32. The van der Waals surface area contributed by atoms with E-state index in [1.165, 1.54) is 11.1 Å². The van der Waals surface area contributed by atoms with Crippen LogP contribution in [0.1, 0.15) is 39.2 Å². The smallest absolute Gasteiger partial charge is 0.219 e. The molecular formula is C16H23NO. The fourth-order valence-corrected chi connectivity index (χ4v) is 1.88. The number of amides is 1. The Labute approximate surface area is 110 Å². The van der Waals surface area contributed by atoms with Gasteiger partial charge in [0.2, 0.25) is 5.91 Å². The molecule has 1 rings (SSSR count). The van der Waals surface area contributed by atoms with Crippen molar-refractivity contribution < 1.29 is 4.79 Å². The lowest BCUT2D eigenvalue weighted by atomic mass is 10.1. The molecular weight excluding hydrogens is 222 g/mol. The van der Waals surface area contributed by atoms with Crippen LogP contribution in [0.15, 0.2) is 35.9 Å².